The summed E-state index contributed by atoms with van der Waals surface area (Å²) in [5, 5.41) is 0. The predicted octanol–water partition coefficient (Wildman–Crippen LogP) is 4.31. The number of rotatable bonds is 0. The van der Waals surface area contributed by atoms with Crippen LogP contribution in [0.1, 0.15) is 16.7 Å². The van der Waals surface area contributed by atoms with Gasteiger partial charge in [0.15, 0.2) is 9.79 Å². The Morgan fingerprint density at radius 3 is 2.19 bits per heavy atom. The zero-order valence-electron chi connectivity index (χ0n) is 11.2. The van der Waals surface area contributed by atoms with Crippen LogP contribution in [0.5, 0.6) is 0 Å². The molecule has 2 aromatic carbocycles. The highest BCUT2D eigenvalue weighted by molar-refractivity contribution is 7.85. The number of halogens is 4. The number of hydrogen-bond donors (Lipinski definition) is 0. The molecule has 1 heterocycles. The van der Waals surface area contributed by atoms with E-state index < -0.39 is 18.1 Å². The van der Waals surface area contributed by atoms with Crippen molar-refractivity contribution in [2.75, 3.05) is 0 Å². The van der Waals surface area contributed by atoms with Crippen LogP contribution in [0.4, 0.5) is 17.3 Å². The third-order valence-electron chi connectivity index (χ3n) is 3.12. The first-order valence-corrected chi connectivity index (χ1v) is 7.54. The van der Waals surface area contributed by atoms with E-state index in [0.717, 1.165) is 21.8 Å². The summed E-state index contributed by atoms with van der Waals surface area (Å²) in [6.07, 6.45) is 0.911. The van der Waals surface area contributed by atoms with Crippen molar-refractivity contribution in [3.63, 3.8) is 0 Å². The van der Waals surface area contributed by atoms with E-state index >= 15 is 0 Å². The minimum Gasteiger partial charge on any atom is -0.418 e. The van der Waals surface area contributed by atoms with Crippen LogP contribution in [-0.2, 0) is 21.4 Å². The molecule has 0 fully saturated rings. The Balaban J connectivity index is 0.000000282. The maximum Gasteiger partial charge on any atom is 0.673 e. The molecule has 3 rings (SSSR count). The Morgan fingerprint density at radius 1 is 0.952 bits per heavy atom. The highest BCUT2D eigenvalue weighted by Crippen LogP contribution is 2.33. The van der Waals surface area contributed by atoms with Crippen LogP contribution in [-0.4, -0.2) is 7.25 Å². The largest absolute Gasteiger partial charge is 0.673 e. The summed E-state index contributed by atoms with van der Waals surface area (Å²) in [5.41, 5.74) is 3.58. The molecular formula is C14H13BF4OS. The van der Waals surface area contributed by atoms with Gasteiger partial charge in [0, 0.05) is 23.1 Å². The molecule has 0 saturated carbocycles. The summed E-state index contributed by atoms with van der Waals surface area (Å²) in [6.45, 7) is 2.04. The molecule has 1 aliphatic rings. The van der Waals surface area contributed by atoms with Crippen LogP contribution in [0.2, 0.25) is 0 Å². The second kappa shape index (κ2) is 6.01. The molecule has 1 aliphatic heterocycles. The summed E-state index contributed by atoms with van der Waals surface area (Å²) < 4.78 is 51.5. The molecule has 112 valence electrons. The number of aryl methyl sites for hydroxylation is 1. The van der Waals surface area contributed by atoms with Gasteiger partial charge in [0.2, 0.25) is 0 Å². The molecule has 7 heteroatoms. The van der Waals surface area contributed by atoms with Crippen molar-refractivity contribution < 1.29 is 21.5 Å². The van der Waals surface area contributed by atoms with Crippen molar-refractivity contribution in [2.24, 2.45) is 0 Å². The van der Waals surface area contributed by atoms with E-state index in [1.165, 1.54) is 11.1 Å². The van der Waals surface area contributed by atoms with Gasteiger partial charge in [0.1, 0.15) is 10.8 Å². The van der Waals surface area contributed by atoms with Gasteiger partial charge in [-0.05, 0) is 13.0 Å². The molecule has 0 spiro atoms. The van der Waals surface area contributed by atoms with E-state index in [1.54, 1.807) is 0 Å². The highest BCUT2D eigenvalue weighted by atomic mass is 32.2. The molecule has 1 nitrogen and oxygen atoms in total. The van der Waals surface area contributed by atoms with Gasteiger partial charge in [0.05, 0.1) is 0 Å². The van der Waals surface area contributed by atoms with Crippen molar-refractivity contribution in [1.29, 1.82) is 0 Å². The van der Waals surface area contributed by atoms with Gasteiger partial charge in [0.25, 0.3) is 0 Å². The summed E-state index contributed by atoms with van der Waals surface area (Å²) in [4.78, 5) is 2.07. The second-order valence-electron chi connectivity index (χ2n) is 4.68. The molecule has 0 amide bonds. The van der Waals surface area contributed by atoms with Gasteiger partial charge in [-0.15, -0.1) is 0 Å². The second-order valence-corrected chi connectivity index (χ2v) is 6.20. The molecule has 0 saturated heterocycles. The van der Waals surface area contributed by atoms with Crippen molar-refractivity contribution in [2.45, 2.75) is 23.1 Å². The molecule has 21 heavy (non-hydrogen) atoms. The summed E-state index contributed by atoms with van der Waals surface area (Å²) in [6, 6.07) is 14.2. The lowest BCUT2D eigenvalue weighted by atomic mass is 10.0. The lowest BCUT2D eigenvalue weighted by Gasteiger charge is -2.14. The average Bonchev–Trinajstić information content (AvgIpc) is 2.37. The highest BCUT2D eigenvalue weighted by Gasteiger charge is 2.28. The molecule has 1 unspecified atom stereocenters. The Hall–Kier alpha value is -1.63. The molecule has 0 radical (unpaired) electrons. The Bertz CT molecular complexity index is 679. The van der Waals surface area contributed by atoms with Crippen LogP contribution in [0.15, 0.2) is 52.3 Å². The van der Waals surface area contributed by atoms with E-state index in [4.69, 9.17) is 0 Å². The maximum absolute atomic E-state index is 12.5. The molecule has 0 bridgehead atoms. The first kappa shape index (κ1) is 15.8. The van der Waals surface area contributed by atoms with Gasteiger partial charge in [-0.25, -0.2) is 0 Å². The summed E-state index contributed by atoms with van der Waals surface area (Å²) in [5.74, 6) is 0. The monoisotopic (exact) mass is 316 g/mol. The lowest BCUT2D eigenvalue weighted by Crippen LogP contribution is -2.09. The number of hydrogen-bond acceptors (Lipinski definition) is 1. The Morgan fingerprint density at radius 2 is 1.52 bits per heavy atom. The third kappa shape index (κ3) is 3.94. The first-order chi connectivity index (χ1) is 9.77. The number of benzene rings is 2. The van der Waals surface area contributed by atoms with Crippen LogP contribution in [0, 0.1) is 6.92 Å². The molecule has 0 aliphatic carbocycles. The number of fused-ring (bicyclic) bond motifs is 2. The fourth-order valence-corrected chi connectivity index (χ4v) is 4.02. The minimum atomic E-state index is -6.00. The van der Waals surface area contributed by atoms with Gasteiger partial charge in [-0.1, -0.05) is 40.6 Å². The van der Waals surface area contributed by atoms with E-state index in [1.807, 2.05) is 37.3 Å². The van der Waals surface area contributed by atoms with Crippen molar-refractivity contribution in [3.8, 4) is 0 Å². The fourth-order valence-electron chi connectivity index (χ4n) is 2.34. The smallest absolute Gasteiger partial charge is 0.418 e. The topological polar surface area (TPSA) is 17.1 Å². The predicted molar refractivity (Wildman–Crippen MR) is 76.6 cm³/mol. The van der Waals surface area contributed by atoms with Crippen molar-refractivity contribution >= 4 is 18.1 Å². The van der Waals surface area contributed by atoms with Gasteiger partial charge >= 0.3 is 7.25 Å². The van der Waals surface area contributed by atoms with E-state index in [9.17, 15) is 21.5 Å². The SMILES string of the molecule is Cc1cccc2c1[SH+](=O)c1ccccc1C2.F[B-](F)(F)F. The first-order valence-electron chi connectivity index (χ1n) is 6.28. The van der Waals surface area contributed by atoms with Gasteiger partial charge in [-0.3, -0.25) is 0 Å². The standard InChI is InChI=1S/C14H12OS.BF4/c1-10-5-4-7-12-9-11-6-2-3-8-13(11)16(15)14(10)12;2-1(3,4)5/h2-8H,9H2,1H3;/q;-1/p+1. The minimum absolute atomic E-state index is 0.911. The van der Waals surface area contributed by atoms with Gasteiger partial charge < -0.3 is 17.3 Å². The van der Waals surface area contributed by atoms with E-state index in [-0.39, 0.29) is 0 Å². The average molecular weight is 316 g/mol. The number of thiol groups is 1. The molecule has 0 N–H and O–H groups in total. The van der Waals surface area contributed by atoms with Crippen molar-refractivity contribution in [1.82, 2.24) is 0 Å². The van der Waals surface area contributed by atoms with Crippen LogP contribution < -0.4 is 0 Å². The Labute approximate surface area is 122 Å². The van der Waals surface area contributed by atoms with Gasteiger partial charge in [-0.2, -0.15) is 0 Å². The van der Waals surface area contributed by atoms with Crippen LogP contribution in [0.3, 0.4) is 0 Å². The van der Waals surface area contributed by atoms with Crippen LogP contribution >= 0.6 is 0 Å². The zero-order valence-corrected chi connectivity index (χ0v) is 12.1. The molecule has 2 aromatic rings. The summed E-state index contributed by atoms with van der Waals surface area (Å²) >= 11 is 0. The quantitative estimate of drug-likeness (QED) is 0.261. The fraction of sp³-hybridized carbons (Fsp3) is 0.143. The maximum atomic E-state index is 12.5. The Kier molecular flexibility index (Phi) is 4.51. The molecule has 1 atom stereocenters. The molecular weight excluding hydrogens is 303 g/mol. The van der Waals surface area contributed by atoms with Crippen molar-refractivity contribution in [3.05, 3.63) is 59.2 Å². The normalized spacial score (nSPS) is 16.3. The third-order valence-corrected chi connectivity index (χ3v) is 5.04. The van der Waals surface area contributed by atoms with Crippen LogP contribution in [0.25, 0.3) is 0 Å². The molecule has 0 aromatic heterocycles. The van der Waals surface area contributed by atoms with E-state index in [2.05, 4.69) is 12.1 Å². The summed E-state index contributed by atoms with van der Waals surface area (Å²) in [7, 11) is -7.39. The van der Waals surface area contributed by atoms with E-state index in [0.29, 0.717) is 0 Å². The lowest BCUT2D eigenvalue weighted by molar-refractivity contribution is 0.368. The zero-order chi connectivity index (χ0) is 15.6.